The molecule has 0 rings (SSSR count). The standard InChI is InChI=1S/CH4.ClH.3FH/h1H4;4*1H. The van der Waals surface area contributed by atoms with Gasteiger partial charge in [0.2, 0.25) is 0 Å². The van der Waals surface area contributed by atoms with E-state index in [-0.39, 0.29) is 33.9 Å². The minimum absolute atomic E-state index is 0. The van der Waals surface area contributed by atoms with Crippen LogP contribution < -0.4 is 0 Å². The Morgan fingerprint density at radius 2 is 0.600 bits per heavy atom. The largest absolute Gasteiger partial charge is 0.269 e. The molecule has 0 aliphatic rings. The molecular weight excluding hydrogens is 104 g/mol. The van der Waals surface area contributed by atoms with E-state index in [4.69, 9.17) is 0 Å². The average Bonchev–Trinajstić information content (AvgIpc) is 0. The first-order chi connectivity index (χ1) is 0. The smallest absolute Gasteiger partial charge is 0.0776 e. The predicted octanol–water partition coefficient (Wildman–Crippen LogP) is 1.52. The molecule has 0 nitrogen and oxygen atoms in total. The van der Waals surface area contributed by atoms with Crippen LogP contribution in [0.15, 0.2) is 0 Å². The highest BCUT2D eigenvalue weighted by molar-refractivity contribution is 5.85. The SMILES string of the molecule is C.Cl.F.F.F. The molecule has 0 fully saturated rings. The first kappa shape index (κ1) is 13200. The van der Waals surface area contributed by atoms with Gasteiger partial charge in [0, 0.05) is 0 Å². The molecule has 0 saturated carbocycles. The second kappa shape index (κ2) is 6050. The van der Waals surface area contributed by atoms with Gasteiger partial charge in [-0.1, -0.05) is 7.43 Å². The van der Waals surface area contributed by atoms with Gasteiger partial charge in [0.1, 0.15) is 0 Å². The molecule has 0 amide bonds. The summed E-state index contributed by atoms with van der Waals surface area (Å²) in [6, 6.07) is 0. The van der Waals surface area contributed by atoms with Crippen LogP contribution in [0.4, 0.5) is 14.1 Å². The molecule has 0 bridgehead atoms. The lowest BCUT2D eigenvalue weighted by molar-refractivity contribution is 1.11. The van der Waals surface area contributed by atoms with E-state index in [0.29, 0.717) is 0 Å². The molecule has 0 heterocycles. The lowest BCUT2D eigenvalue weighted by Gasteiger charge is -0.270. The molecule has 0 unspecified atom stereocenters. The summed E-state index contributed by atoms with van der Waals surface area (Å²) < 4.78 is 0. The summed E-state index contributed by atoms with van der Waals surface area (Å²) in [6.07, 6.45) is 0. The van der Waals surface area contributed by atoms with Gasteiger partial charge in [-0.05, 0) is 0 Å². The zero-order chi connectivity index (χ0) is 0. The van der Waals surface area contributed by atoms with Crippen LogP contribution >= 0.6 is 12.4 Å². The Kier molecular flexibility index (Phi) is 16000000. The van der Waals surface area contributed by atoms with E-state index in [9.17, 15) is 0 Å². The summed E-state index contributed by atoms with van der Waals surface area (Å²) in [5, 5.41) is 0. The van der Waals surface area contributed by atoms with Crippen molar-refractivity contribution in [3.8, 4) is 0 Å². The van der Waals surface area contributed by atoms with Crippen LogP contribution in [0.25, 0.3) is 0 Å². The Labute approximate surface area is 35.1 Å². The quantitative estimate of drug-likeness (QED) is 0.446. The molecule has 5 heavy (non-hydrogen) atoms. The van der Waals surface area contributed by atoms with Crippen molar-refractivity contribution in [3.05, 3.63) is 0 Å². The average molecular weight is 113 g/mol. The highest BCUT2D eigenvalue weighted by Gasteiger charge is -0.0775. The van der Waals surface area contributed by atoms with Crippen LogP contribution in [0.5, 0.6) is 0 Å². The molecule has 0 aliphatic carbocycles. The van der Waals surface area contributed by atoms with Crippen molar-refractivity contribution in [2.24, 2.45) is 0 Å². The molecule has 0 N–H and O–H groups in total. The Morgan fingerprint density at radius 3 is 0.600 bits per heavy atom. The van der Waals surface area contributed by atoms with Crippen LogP contribution in [0.1, 0.15) is 7.43 Å². The fourth-order valence-electron chi connectivity index (χ4n) is 0. The van der Waals surface area contributed by atoms with Crippen molar-refractivity contribution in [3.63, 3.8) is 0 Å². The van der Waals surface area contributed by atoms with E-state index in [1.165, 1.54) is 0 Å². The fraction of sp³-hybridized carbons (Fsp3) is 1.00. The van der Waals surface area contributed by atoms with Crippen LogP contribution in [0.2, 0.25) is 0 Å². The molecule has 0 aromatic rings. The zero-order valence-electron chi connectivity index (χ0n) is 1.63. The predicted molar refractivity (Wildman–Crippen MR) is 21.5 cm³/mol. The van der Waals surface area contributed by atoms with Gasteiger partial charge in [-0.15, -0.1) is 12.4 Å². The highest BCUT2D eigenvalue weighted by Crippen LogP contribution is 0.690. The Balaban J connectivity index is 0. The summed E-state index contributed by atoms with van der Waals surface area (Å²) in [6.45, 7) is 0. The van der Waals surface area contributed by atoms with Gasteiger partial charge < -0.3 is 0 Å². The van der Waals surface area contributed by atoms with Crippen LogP contribution in [-0.4, -0.2) is 0 Å². The molecule has 40 valence electrons. The maximum atomic E-state index is 0. The fourth-order valence-corrected chi connectivity index (χ4v) is 0. The van der Waals surface area contributed by atoms with Gasteiger partial charge in [0.15, 0.2) is 0 Å². The lowest BCUT2D eigenvalue weighted by Crippen LogP contribution is 0.144. The van der Waals surface area contributed by atoms with Crippen LogP contribution in [0, 0.1) is 0 Å². The monoisotopic (exact) mass is 112 g/mol. The normalized spacial score (nSPS) is 0. The Hall–Kier alpha value is 0.0800. The Morgan fingerprint density at radius 1 is 0.600 bits per heavy atom. The molecule has 0 aromatic carbocycles. The summed E-state index contributed by atoms with van der Waals surface area (Å²) in [5.41, 5.74) is 0. The van der Waals surface area contributed by atoms with Gasteiger partial charge in [-0.2, -0.15) is 0 Å². The van der Waals surface area contributed by atoms with E-state index in [1.807, 2.05) is 0 Å². The third-order valence-corrected chi connectivity index (χ3v) is 0. The summed E-state index contributed by atoms with van der Waals surface area (Å²) in [5.74, 6) is 0. The van der Waals surface area contributed by atoms with Gasteiger partial charge in [-0.25, -0.2) is 0 Å². The molecule has 4 heteroatoms. The van der Waals surface area contributed by atoms with Gasteiger partial charge in [0.25, 0.3) is 0 Å². The van der Waals surface area contributed by atoms with Crippen molar-refractivity contribution < 1.29 is 14.1 Å². The van der Waals surface area contributed by atoms with Gasteiger partial charge >= 0.3 is 0 Å². The van der Waals surface area contributed by atoms with Gasteiger partial charge in [-0.3, -0.25) is 14.1 Å². The van der Waals surface area contributed by atoms with E-state index in [0.717, 1.165) is 0 Å². The summed E-state index contributed by atoms with van der Waals surface area (Å²) >= 11 is 0. The maximum Gasteiger partial charge on any atom is -0.0776 e. The van der Waals surface area contributed by atoms with Crippen molar-refractivity contribution >= 4 is 12.4 Å². The number of hydrogen-bond acceptors (Lipinski definition) is 0. The molecule has 0 saturated heterocycles. The summed E-state index contributed by atoms with van der Waals surface area (Å²) in [4.78, 5) is 0. The molecule has 0 radical (unpaired) electrons. The van der Waals surface area contributed by atoms with Gasteiger partial charge in [0.05, 0.1) is 0 Å². The number of hydrogen-bond donors (Lipinski definition) is 0. The molecule has 0 aliphatic heterocycles. The molecule has 0 spiro atoms. The van der Waals surface area contributed by atoms with Crippen molar-refractivity contribution in [2.45, 2.75) is 7.43 Å². The first-order valence-electron chi connectivity index (χ1n) is 0. The van der Waals surface area contributed by atoms with E-state index in [2.05, 4.69) is 0 Å². The molecule has 0 aromatic heterocycles. The number of halogens is 4. The minimum Gasteiger partial charge on any atom is -0.269 e. The van der Waals surface area contributed by atoms with Crippen molar-refractivity contribution in [1.29, 1.82) is 0 Å². The van der Waals surface area contributed by atoms with E-state index < -0.39 is 0 Å². The zero-order valence-corrected chi connectivity index (χ0v) is 2.45. The van der Waals surface area contributed by atoms with Crippen LogP contribution in [0.3, 0.4) is 0 Å². The second-order valence-corrected chi connectivity index (χ2v) is 0. The third kappa shape index (κ3) is 2760. The van der Waals surface area contributed by atoms with Crippen molar-refractivity contribution in [2.75, 3.05) is 0 Å². The third-order valence-electron chi connectivity index (χ3n) is 0. The second-order valence-electron chi connectivity index (χ2n) is 0. The lowest BCUT2D eigenvalue weighted by atomic mass is 12.0. The summed E-state index contributed by atoms with van der Waals surface area (Å²) in [7, 11) is 0. The molecular formula is CH8ClF3. The first-order valence-corrected chi connectivity index (χ1v) is 0. The Bertz CT molecular complexity index is 6.85. The topological polar surface area (TPSA) is 0 Å². The van der Waals surface area contributed by atoms with E-state index >= 15 is 0 Å². The highest BCUT2D eigenvalue weighted by atomic mass is 35.5. The minimum atomic E-state index is 0. The van der Waals surface area contributed by atoms with Crippen molar-refractivity contribution in [1.82, 2.24) is 0 Å². The number of rotatable bonds is 0. The van der Waals surface area contributed by atoms with E-state index in [1.54, 1.807) is 0 Å². The van der Waals surface area contributed by atoms with Crippen LogP contribution in [-0.2, 0) is 0 Å². The molecule has 0 atom stereocenters. The maximum absolute atomic E-state index is 0.